The van der Waals surface area contributed by atoms with E-state index in [2.05, 4.69) is 0 Å². The van der Waals surface area contributed by atoms with Crippen LogP contribution in [0.2, 0.25) is 0 Å². The molecule has 0 amide bonds. The summed E-state index contributed by atoms with van der Waals surface area (Å²) in [6.45, 7) is 0. The molecule has 4 heteroatoms. The van der Waals surface area contributed by atoms with Crippen molar-refractivity contribution in [1.29, 1.82) is 0 Å². The van der Waals surface area contributed by atoms with Gasteiger partial charge in [0, 0.05) is 17.3 Å². The molecule has 0 aromatic heterocycles. The summed E-state index contributed by atoms with van der Waals surface area (Å²) in [4.78, 5) is 10.2. The lowest BCUT2D eigenvalue weighted by molar-refractivity contribution is -0.131. The van der Waals surface area contributed by atoms with Crippen molar-refractivity contribution in [2.45, 2.75) is 0 Å². The molecule has 68 valence electrons. The van der Waals surface area contributed by atoms with Gasteiger partial charge in [0.15, 0.2) is 0 Å². The Kier molecular flexibility index (Phi) is 2.54. The van der Waals surface area contributed by atoms with E-state index in [0.29, 0.717) is 11.3 Å². The van der Waals surface area contributed by atoms with Crippen molar-refractivity contribution in [3.63, 3.8) is 0 Å². The highest BCUT2D eigenvalue weighted by Crippen LogP contribution is 2.20. The molecule has 13 heavy (non-hydrogen) atoms. The van der Waals surface area contributed by atoms with Crippen molar-refractivity contribution in [2.24, 2.45) is 0 Å². The van der Waals surface area contributed by atoms with Crippen LogP contribution in [0.4, 0.5) is 5.69 Å². The predicted molar refractivity (Wildman–Crippen MR) is 49.2 cm³/mol. The standard InChI is InChI=1S/C9H9NO3/c10-7-2-3-8(11)6(5-7)1-4-9(12)13/h1-5,11H,10H2,(H,12,13)/b4-1-. The zero-order valence-electron chi connectivity index (χ0n) is 6.77. The number of nitrogens with two attached hydrogens (primary N) is 1. The lowest BCUT2D eigenvalue weighted by atomic mass is 10.1. The van der Waals surface area contributed by atoms with E-state index in [4.69, 9.17) is 10.8 Å². The molecule has 1 aromatic rings. The van der Waals surface area contributed by atoms with Crippen molar-refractivity contribution in [2.75, 3.05) is 5.73 Å². The summed E-state index contributed by atoms with van der Waals surface area (Å²) in [6.07, 6.45) is 2.22. The lowest BCUT2D eigenvalue weighted by Crippen LogP contribution is -1.88. The van der Waals surface area contributed by atoms with Crippen LogP contribution >= 0.6 is 0 Å². The lowest BCUT2D eigenvalue weighted by Gasteiger charge is -1.99. The van der Waals surface area contributed by atoms with Crippen LogP contribution in [0.25, 0.3) is 6.08 Å². The van der Waals surface area contributed by atoms with E-state index in [9.17, 15) is 9.90 Å². The summed E-state index contributed by atoms with van der Waals surface area (Å²) in [6, 6.07) is 4.44. The second-order valence-corrected chi connectivity index (χ2v) is 2.49. The molecule has 1 rings (SSSR count). The number of benzene rings is 1. The van der Waals surface area contributed by atoms with Gasteiger partial charge < -0.3 is 15.9 Å². The minimum absolute atomic E-state index is 0.00620. The zero-order chi connectivity index (χ0) is 9.84. The van der Waals surface area contributed by atoms with E-state index < -0.39 is 5.97 Å². The van der Waals surface area contributed by atoms with E-state index >= 15 is 0 Å². The number of anilines is 1. The molecule has 4 nitrogen and oxygen atoms in total. The van der Waals surface area contributed by atoms with Crippen LogP contribution < -0.4 is 5.73 Å². The predicted octanol–water partition coefficient (Wildman–Crippen LogP) is 1.07. The number of carbonyl (C=O) groups is 1. The summed E-state index contributed by atoms with van der Waals surface area (Å²) in [5, 5.41) is 17.6. The highest BCUT2D eigenvalue weighted by Gasteiger charge is 1.97. The topological polar surface area (TPSA) is 83.5 Å². The van der Waals surface area contributed by atoms with Crippen molar-refractivity contribution >= 4 is 17.7 Å². The number of hydrogen-bond donors (Lipinski definition) is 3. The average Bonchev–Trinajstić information content (AvgIpc) is 2.06. The van der Waals surface area contributed by atoms with Crippen LogP contribution in [0.3, 0.4) is 0 Å². The number of nitrogen functional groups attached to an aromatic ring is 1. The van der Waals surface area contributed by atoms with Crippen LogP contribution in [0.15, 0.2) is 24.3 Å². The van der Waals surface area contributed by atoms with Gasteiger partial charge in [-0.3, -0.25) is 0 Å². The summed E-state index contributed by atoms with van der Waals surface area (Å²) in [5.74, 6) is -1.06. The van der Waals surface area contributed by atoms with Gasteiger partial charge >= 0.3 is 5.97 Å². The maximum absolute atomic E-state index is 10.2. The fraction of sp³-hybridized carbons (Fsp3) is 0. The molecular weight excluding hydrogens is 170 g/mol. The van der Waals surface area contributed by atoms with E-state index in [1.807, 2.05) is 0 Å². The molecule has 0 aliphatic rings. The molecule has 0 spiro atoms. The summed E-state index contributed by atoms with van der Waals surface area (Å²) >= 11 is 0. The second-order valence-electron chi connectivity index (χ2n) is 2.49. The number of hydrogen-bond acceptors (Lipinski definition) is 3. The summed E-state index contributed by atoms with van der Waals surface area (Å²) in [5.41, 5.74) is 6.31. The van der Waals surface area contributed by atoms with Crippen molar-refractivity contribution in [3.8, 4) is 5.75 Å². The van der Waals surface area contributed by atoms with Crippen LogP contribution in [0.1, 0.15) is 5.56 Å². The van der Waals surface area contributed by atoms with Gasteiger partial charge in [-0.25, -0.2) is 4.79 Å². The largest absolute Gasteiger partial charge is 0.507 e. The van der Waals surface area contributed by atoms with Crippen molar-refractivity contribution in [3.05, 3.63) is 29.8 Å². The van der Waals surface area contributed by atoms with Crippen molar-refractivity contribution in [1.82, 2.24) is 0 Å². The van der Waals surface area contributed by atoms with Crippen LogP contribution in [-0.2, 0) is 4.79 Å². The molecule has 0 fully saturated rings. The first-order chi connectivity index (χ1) is 6.09. The fourth-order valence-corrected chi connectivity index (χ4v) is 0.868. The molecule has 0 aliphatic carbocycles. The van der Waals surface area contributed by atoms with Gasteiger partial charge in [0.05, 0.1) is 0 Å². The number of carboxylic acid groups (broad SMARTS) is 1. The Hall–Kier alpha value is -1.97. The second kappa shape index (κ2) is 3.62. The average molecular weight is 179 g/mol. The Morgan fingerprint density at radius 1 is 1.46 bits per heavy atom. The minimum atomic E-state index is -1.07. The third-order valence-corrected chi connectivity index (χ3v) is 1.46. The smallest absolute Gasteiger partial charge is 0.328 e. The maximum atomic E-state index is 10.2. The number of phenols is 1. The summed E-state index contributed by atoms with van der Waals surface area (Å²) < 4.78 is 0. The Morgan fingerprint density at radius 2 is 2.15 bits per heavy atom. The number of phenolic OH excluding ortho intramolecular Hbond substituents is 1. The maximum Gasteiger partial charge on any atom is 0.328 e. The number of rotatable bonds is 2. The van der Waals surface area contributed by atoms with Gasteiger partial charge in [0.25, 0.3) is 0 Å². The Bertz CT molecular complexity index is 358. The fourth-order valence-electron chi connectivity index (χ4n) is 0.868. The third kappa shape index (κ3) is 2.52. The third-order valence-electron chi connectivity index (χ3n) is 1.46. The number of aromatic hydroxyl groups is 1. The van der Waals surface area contributed by atoms with Gasteiger partial charge in [-0.05, 0) is 24.3 Å². The summed E-state index contributed by atoms with van der Waals surface area (Å²) in [7, 11) is 0. The van der Waals surface area contributed by atoms with E-state index in [0.717, 1.165) is 6.08 Å². The van der Waals surface area contributed by atoms with Gasteiger partial charge in [-0.15, -0.1) is 0 Å². The van der Waals surface area contributed by atoms with E-state index in [-0.39, 0.29) is 5.75 Å². The minimum Gasteiger partial charge on any atom is -0.507 e. The molecule has 0 aliphatic heterocycles. The SMILES string of the molecule is Nc1ccc(O)c(/C=C\C(=O)O)c1. The van der Waals surface area contributed by atoms with Gasteiger partial charge in [0.1, 0.15) is 5.75 Å². The Labute approximate surface area is 74.9 Å². The molecule has 0 saturated heterocycles. The van der Waals surface area contributed by atoms with Gasteiger partial charge in [-0.1, -0.05) is 0 Å². The highest BCUT2D eigenvalue weighted by atomic mass is 16.4. The molecule has 0 radical (unpaired) electrons. The van der Waals surface area contributed by atoms with Crippen LogP contribution in [0, 0.1) is 0 Å². The molecule has 0 atom stereocenters. The zero-order valence-corrected chi connectivity index (χ0v) is 6.77. The number of carboxylic acids is 1. The Morgan fingerprint density at radius 3 is 2.77 bits per heavy atom. The highest BCUT2D eigenvalue weighted by molar-refractivity contribution is 5.86. The monoisotopic (exact) mass is 179 g/mol. The van der Waals surface area contributed by atoms with Crippen LogP contribution in [-0.4, -0.2) is 16.2 Å². The Balaban J connectivity index is 3.00. The van der Waals surface area contributed by atoms with E-state index in [1.54, 1.807) is 0 Å². The molecule has 0 bridgehead atoms. The van der Waals surface area contributed by atoms with Crippen molar-refractivity contribution < 1.29 is 15.0 Å². The van der Waals surface area contributed by atoms with Crippen LogP contribution in [0.5, 0.6) is 5.75 Å². The first kappa shape index (κ1) is 9.12. The quantitative estimate of drug-likeness (QED) is 0.360. The normalized spacial score (nSPS) is 10.5. The molecular formula is C9H9NO3. The molecule has 4 N–H and O–H groups in total. The first-order valence-electron chi connectivity index (χ1n) is 3.59. The molecule has 0 saturated carbocycles. The first-order valence-corrected chi connectivity index (χ1v) is 3.59. The number of aliphatic carboxylic acids is 1. The van der Waals surface area contributed by atoms with Gasteiger partial charge in [-0.2, -0.15) is 0 Å². The van der Waals surface area contributed by atoms with Gasteiger partial charge in [0.2, 0.25) is 0 Å². The van der Waals surface area contributed by atoms with E-state index in [1.165, 1.54) is 24.3 Å². The molecule has 1 aromatic carbocycles. The molecule has 0 unspecified atom stereocenters. The molecule has 0 heterocycles.